The van der Waals surface area contributed by atoms with Crippen LogP contribution in [0.25, 0.3) is 0 Å². The molecular weight excluding hydrogens is 298 g/mol. The monoisotopic (exact) mass is 317 g/mol. The number of aliphatic hydroxyl groups excluding tert-OH is 1. The van der Waals surface area contributed by atoms with Gasteiger partial charge in [0.05, 0.1) is 25.3 Å². The van der Waals surface area contributed by atoms with Gasteiger partial charge in [0.15, 0.2) is 5.92 Å². The highest BCUT2D eigenvalue weighted by molar-refractivity contribution is 6.02. The van der Waals surface area contributed by atoms with Crippen LogP contribution in [0.15, 0.2) is 35.3 Å². The zero-order valence-electron chi connectivity index (χ0n) is 12.8. The van der Waals surface area contributed by atoms with Gasteiger partial charge in [-0.05, 0) is 18.9 Å². The maximum absolute atomic E-state index is 11.7. The van der Waals surface area contributed by atoms with E-state index in [0.717, 1.165) is 11.8 Å². The lowest BCUT2D eigenvalue weighted by molar-refractivity contribution is -0.121. The summed E-state index contributed by atoms with van der Waals surface area (Å²) in [5, 5.41) is 20.3. The Bertz CT molecular complexity index is 581. The Labute approximate surface area is 134 Å². The van der Waals surface area contributed by atoms with Crippen LogP contribution >= 0.6 is 0 Å². The molecule has 122 valence electrons. The lowest BCUT2D eigenvalue weighted by Crippen LogP contribution is -2.36. The summed E-state index contributed by atoms with van der Waals surface area (Å²) in [6, 6.07) is 10.7. The van der Waals surface area contributed by atoms with E-state index < -0.39 is 24.0 Å². The summed E-state index contributed by atoms with van der Waals surface area (Å²) in [4.78, 5) is 27.0. The van der Waals surface area contributed by atoms with Crippen molar-refractivity contribution in [2.45, 2.75) is 19.4 Å². The number of carbonyl (C=O) groups is 2. The molecule has 0 aliphatic carbocycles. The van der Waals surface area contributed by atoms with Gasteiger partial charge in [-0.15, -0.1) is 0 Å². The molecule has 23 heavy (non-hydrogen) atoms. The molecule has 0 heterocycles. The third-order valence-corrected chi connectivity index (χ3v) is 2.89. The van der Waals surface area contributed by atoms with Crippen LogP contribution in [0.2, 0.25) is 0 Å². The molecule has 1 rings (SSSR count). The number of hydrogen-bond acceptors (Lipinski definition) is 6. The fraction of sp³-hybridized carbons (Fsp3) is 0.375. The number of nitriles is 1. The topological polar surface area (TPSA) is 112 Å². The first-order chi connectivity index (χ1) is 11.1. The molecule has 0 bridgehead atoms. The number of ether oxygens (including phenoxy) is 1. The minimum Gasteiger partial charge on any atom is -0.450 e. The number of benzene rings is 1. The largest absolute Gasteiger partial charge is 0.450 e. The molecule has 2 atom stereocenters. The molecule has 7 nitrogen and oxygen atoms in total. The van der Waals surface area contributed by atoms with E-state index in [1.165, 1.54) is 0 Å². The molecule has 2 N–H and O–H groups in total. The molecule has 7 heteroatoms. The summed E-state index contributed by atoms with van der Waals surface area (Å²) in [6.45, 7) is 1.50. The first-order valence-electron chi connectivity index (χ1n) is 7.16. The fourth-order valence-electron chi connectivity index (χ4n) is 1.76. The number of amides is 2. The molecule has 0 unspecified atom stereocenters. The highest BCUT2D eigenvalue weighted by Gasteiger charge is 2.19. The second-order valence-electron chi connectivity index (χ2n) is 4.64. The van der Waals surface area contributed by atoms with E-state index in [1.807, 2.05) is 35.6 Å². The fourth-order valence-corrected chi connectivity index (χ4v) is 1.76. The average Bonchev–Trinajstić information content (AvgIpc) is 2.55. The van der Waals surface area contributed by atoms with Crippen LogP contribution in [0.4, 0.5) is 4.79 Å². The molecule has 1 aromatic carbocycles. The number of nitrogens with zero attached hydrogens (tertiary/aromatic N) is 2. The number of aliphatic hydroxyl groups is 1. The van der Waals surface area contributed by atoms with Crippen LogP contribution < -0.4 is 5.32 Å². The highest BCUT2D eigenvalue weighted by Crippen LogP contribution is 2.06. The van der Waals surface area contributed by atoms with Crippen molar-refractivity contribution < 1.29 is 19.4 Å². The van der Waals surface area contributed by atoms with Crippen molar-refractivity contribution in [1.82, 2.24) is 5.32 Å². The molecule has 0 radical (unpaired) electrons. The zero-order valence-corrected chi connectivity index (χ0v) is 12.8. The summed E-state index contributed by atoms with van der Waals surface area (Å²) >= 11 is 0. The van der Waals surface area contributed by atoms with E-state index in [1.54, 1.807) is 13.0 Å². The lowest BCUT2D eigenvalue weighted by Gasteiger charge is -2.10. The van der Waals surface area contributed by atoms with Gasteiger partial charge in [0.1, 0.15) is 0 Å². The summed E-state index contributed by atoms with van der Waals surface area (Å²) in [6.07, 6.45) is 0.707. The van der Waals surface area contributed by atoms with Gasteiger partial charge in [-0.25, -0.2) is 4.79 Å². The van der Waals surface area contributed by atoms with E-state index in [-0.39, 0.29) is 13.2 Å². The normalized spacial score (nSPS) is 13.1. The van der Waals surface area contributed by atoms with E-state index in [2.05, 4.69) is 9.73 Å². The number of imide groups is 1. The van der Waals surface area contributed by atoms with Crippen LogP contribution in [0.3, 0.4) is 0 Å². The predicted octanol–water partition coefficient (Wildman–Crippen LogP) is 1.07. The Kier molecular flexibility index (Phi) is 8.03. The van der Waals surface area contributed by atoms with Gasteiger partial charge in [-0.2, -0.15) is 5.26 Å². The Morgan fingerprint density at radius 3 is 2.70 bits per heavy atom. The van der Waals surface area contributed by atoms with Crippen LogP contribution in [0.5, 0.6) is 0 Å². The van der Waals surface area contributed by atoms with Crippen molar-refractivity contribution in [3.05, 3.63) is 35.9 Å². The zero-order chi connectivity index (χ0) is 17.1. The average molecular weight is 317 g/mol. The molecule has 0 fully saturated rings. The van der Waals surface area contributed by atoms with Gasteiger partial charge < -0.3 is 9.84 Å². The SMILES string of the molecule is CCOC(=O)NC(=O)[C@@H](C#N)C=N[C@H](CO)Cc1ccccc1. The van der Waals surface area contributed by atoms with E-state index in [4.69, 9.17) is 5.26 Å². The van der Waals surface area contributed by atoms with Crippen LogP contribution in [0.1, 0.15) is 12.5 Å². The second kappa shape index (κ2) is 10.1. The van der Waals surface area contributed by atoms with E-state index >= 15 is 0 Å². The van der Waals surface area contributed by atoms with Crippen LogP contribution in [-0.2, 0) is 16.0 Å². The van der Waals surface area contributed by atoms with E-state index in [9.17, 15) is 14.7 Å². The molecule has 0 aromatic heterocycles. The highest BCUT2D eigenvalue weighted by atomic mass is 16.5. The first kappa shape index (κ1) is 18.3. The molecule has 0 saturated carbocycles. The Morgan fingerprint density at radius 1 is 1.43 bits per heavy atom. The number of rotatable bonds is 7. The molecule has 2 amide bonds. The first-order valence-corrected chi connectivity index (χ1v) is 7.16. The third-order valence-electron chi connectivity index (χ3n) is 2.89. The quantitative estimate of drug-likeness (QED) is 0.731. The second-order valence-corrected chi connectivity index (χ2v) is 4.64. The number of carbonyl (C=O) groups excluding carboxylic acids is 2. The molecule has 0 spiro atoms. The van der Waals surface area contributed by atoms with Gasteiger partial charge in [-0.3, -0.25) is 15.1 Å². The van der Waals surface area contributed by atoms with Crippen LogP contribution in [-0.4, -0.2) is 42.6 Å². The molecular formula is C16H19N3O4. The summed E-state index contributed by atoms with van der Waals surface area (Å²) in [5.41, 5.74) is 0.980. The number of aliphatic imine (C=N–C) groups is 1. The van der Waals surface area contributed by atoms with Gasteiger partial charge in [0.2, 0.25) is 0 Å². The third kappa shape index (κ3) is 6.72. The standard InChI is InChI=1S/C16H19N3O4/c1-2-23-16(22)19-15(21)13(9-17)10-18-14(11-20)8-12-6-4-3-5-7-12/h3-7,10,13-14,20H,2,8,11H2,1H3,(H,19,21,22)/t13-,14-/m0/s1. The van der Waals surface area contributed by atoms with Gasteiger partial charge >= 0.3 is 6.09 Å². The van der Waals surface area contributed by atoms with Crippen molar-refractivity contribution in [2.75, 3.05) is 13.2 Å². The summed E-state index contributed by atoms with van der Waals surface area (Å²) in [5.74, 6) is -2.05. The molecule has 1 aromatic rings. The summed E-state index contributed by atoms with van der Waals surface area (Å²) in [7, 11) is 0. The van der Waals surface area contributed by atoms with Crippen molar-refractivity contribution in [2.24, 2.45) is 10.9 Å². The Hall–Kier alpha value is -2.72. The van der Waals surface area contributed by atoms with Gasteiger partial charge in [0, 0.05) is 6.21 Å². The minimum atomic E-state index is -1.23. The lowest BCUT2D eigenvalue weighted by atomic mass is 10.1. The molecule has 0 aliphatic heterocycles. The number of nitrogens with one attached hydrogen (secondary N) is 1. The number of hydrogen-bond donors (Lipinski definition) is 2. The smallest absolute Gasteiger partial charge is 0.413 e. The maximum Gasteiger partial charge on any atom is 0.413 e. The van der Waals surface area contributed by atoms with Crippen molar-refractivity contribution >= 4 is 18.2 Å². The molecule has 0 aliphatic rings. The van der Waals surface area contributed by atoms with Crippen molar-refractivity contribution in [3.8, 4) is 6.07 Å². The minimum absolute atomic E-state index is 0.119. The Morgan fingerprint density at radius 2 is 2.13 bits per heavy atom. The molecule has 0 saturated heterocycles. The van der Waals surface area contributed by atoms with Crippen molar-refractivity contribution in [3.63, 3.8) is 0 Å². The van der Waals surface area contributed by atoms with Gasteiger partial charge in [-0.1, -0.05) is 30.3 Å². The predicted molar refractivity (Wildman–Crippen MR) is 83.8 cm³/mol. The van der Waals surface area contributed by atoms with Gasteiger partial charge in [0.25, 0.3) is 5.91 Å². The maximum atomic E-state index is 11.7. The van der Waals surface area contributed by atoms with Crippen LogP contribution in [0, 0.1) is 17.2 Å². The van der Waals surface area contributed by atoms with Crippen molar-refractivity contribution in [1.29, 1.82) is 5.26 Å². The Balaban J connectivity index is 2.64. The van der Waals surface area contributed by atoms with E-state index in [0.29, 0.717) is 6.42 Å². The number of alkyl carbamates (subject to hydrolysis) is 1. The summed E-state index contributed by atoms with van der Waals surface area (Å²) < 4.78 is 4.57.